The van der Waals surface area contributed by atoms with Gasteiger partial charge in [0.2, 0.25) is 5.91 Å². The van der Waals surface area contributed by atoms with Crippen LogP contribution in [0, 0.1) is 0 Å². The Labute approximate surface area is 111 Å². The minimum atomic E-state index is -1.05. The number of hydrogen-bond donors (Lipinski definition) is 2. The fourth-order valence-electron chi connectivity index (χ4n) is 2.30. The lowest BCUT2D eigenvalue weighted by atomic mass is 9.91. The summed E-state index contributed by atoms with van der Waals surface area (Å²) in [7, 11) is 0. The van der Waals surface area contributed by atoms with Crippen molar-refractivity contribution in [1.82, 2.24) is 9.47 Å². The molecular weight excluding hydrogens is 248 g/mol. The van der Waals surface area contributed by atoms with Gasteiger partial charge in [-0.1, -0.05) is 0 Å². The van der Waals surface area contributed by atoms with Gasteiger partial charge in [0.1, 0.15) is 12.2 Å². The molecule has 0 saturated heterocycles. The third kappa shape index (κ3) is 2.96. The Bertz CT molecular complexity index is 465. The highest BCUT2D eigenvalue weighted by Crippen LogP contribution is 2.24. The summed E-state index contributed by atoms with van der Waals surface area (Å²) in [5.41, 5.74) is 0.103. The lowest BCUT2D eigenvalue weighted by molar-refractivity contribution is -0.136. The SMILES string of the molecule is O=C(O)c1cccn1CC(=O)N(CCO)C1CCC1. The highest BCUT2D eigenvalue weighted by atomic mass is 16.4. The van der Waals surface area contributed by atoms with Gasteiger partial charge in [-0.15, -0.1) is 0 Å². The summed E-state index contributed by atoms with van der Waals surface area (Å²) in [6, 6.07) is 3.27. The molecule has 2 rings (SSSR count). The van der Waals surface area contributed by atoms with E-state index in [1.54, 1.807) is 17.2 Å². The predicted octanol–water partition coefficient (Wildman–Crippen LogP) is 0.560. The van der Waals surface area contributed by atoms with Crippen molar-refractivity contribution in [3.8, 4) is 0 Å². The van der Waals surface area contributed by atoms with E-state index in [1.165, 1.54) is 10.6 Å². The van der Waals surface area contributed by atoms with Crippen molar-refractivity contribution in [2.75, 3.05) is 13.2 Å². The Morgan fingerprint density at radius 2 is 2.16 bits per heavy atom. The summed E-state index contributed by atoms with van der Waals surface area (Å²) in [5.74, 6) is -1.19. The van der Waals surface area contributed by atoms with Crippen molar-refractivity contribution in [2.24, 2.45) is 0 Å². The maximum atomic E-state index is 12.2. The summed E-state index contributed by atoms with van der Waals surface area (Å²) in [5, 5.41) is 18.0. The number of aromatic nitrogens is 1. The molecule has 0 aliphatic heterocycles. The van der Waals surface area contributed by atoms with Crippen molar-refractivity contribution >= 4 is 11.9 Å². The molecule has 0 aromatic carbocycles. The zero-order valence-electron chi connectivity index (χ0n) is 10.7. The smallest absolute Gasteiger partial charge is 0.352 e. The maximum Gasteiger partial charge on any atom is 0.352 e. The van der Waals surface area contributed by atoms with Crippen LogP contribution in [0.2, 0.25) is 0 Å². The molecule has 1 aliphatic rings. The minimum absolute atomic E-state index is 0.00509. The average molecular weight is 266 g/mol. The number of carbonyl (C=O) groups excluding carboxylic acids is 1. The van der Waals surface area contributed by atoms with Crippen molar-refractivity contribution in [1.29, 1.82) is 0 Å². The van der Waals surface area contributed by atoms with Crippen LogP contribution >= 0.6 is 0 Å². The summed E-state index contributed by atoms with van der Waals surface area (Å²) in [6.45, 7) is 0.248. The van der Waals surface area contributed by atoms with Gasteiger partial charge < -0.3 is 19.7 Å². The summed E-state index contributed by atoms with van der Waals surface area (Å²) in [6.07, 6.45) is 4.61. The van der Waals surface area contributed by atoms with Gasteiger partial charge in [-0.25, -0.2) is 4.79 Å². The number of carboxylic acids is 1. The minimum Gasteiger partial charge on any atom is -0.477 e. The monoisotopic (exact) mass is 266 g/mol. The van der Waals surface area contributed by atoms with E-state index in [1.807, 2.05) is 0 Å². The normalized spacial score (nSPS) is 15.0. The number of rotatable bonds is 6. The van der Waals surface area contributed by atoms with Gasteiger partial charge in [-0.05, 0) is 31.4 Å². The second-order valence-corrected chi connectivity index (χ2v) is 4.72. The van der Waals surface area contributed by atoms with Gasteiger partial charge in [0.05, 0.1) is 6.61 Å². The Kier molecular flexibility index (Phi) is 4.21. The van der Waals surface area contributed by atoms with Crippen LogP contribution in [-0.2, 0) is 11.3 Å². The van der Waals surface area contributed by atoms with Gasteiger partial charge in [-0.2, -0.15) is 0 Å². The first-order chi connectivity index (χ1) is 9.13. The largest absolute Gasteiger partial charge is 0.477 e. The fourth-order valence-corrected chi connectivity index (χ4v) is 2.30. The van der Waals surface area contributed by atoms with Crippen LogP contribution in [0.5, 0.6) is 0 Å². The van der Waals surface area contributed by atoms with Gasteiger partial charge in [0.15, 0.2) is 0 Å². The molecular formula is C13H18N2O4. The molecule has 6 nitrogen and oxygen atoms in total. The van der Waals surface area contributed by atoms with Crippen molar-refractivity contribution in [3.63, 3.8) is 0 Å². The number of aliphatic hydroxyl groups is 1. The summed E-state index contributed by atoms with van der Waals surface area (Å²) < 4.78 is 1.42. The molecule has 0 radical (unpaired) electrons. The van der Waals surface area contributed by atoms with Gasteiger partial charge in [0.25, 0.3) is 0 Å². The van der Waals surface area contributed by atoms with Gasteiger partial charge >= 0.3 is 5.97 Å². The van der Waals surface area contributed by atoms with E-state index in [0.29, 0.717) is 6.54 Å². The van der Waals surface area contributed by atoms with Crippen molar-refractivity contribution in [3.05, 3.63) is 24.0 Å². The van der Waals surface area contributed by atoms with Crippen molar-refractivity contribution < 1.29 is 19.8 Å². The maximum absolute atomic E-state index is 12.2. The highest BCUT2D eigenvalue weighted by molar-refractivity contribution is 5.87. The Hall–Kier alpha value is -1.82. The lowest BCUT2D eigenvalue weighted by Crippen LogP contribution is -2.47. The Morgan fingerprint density at radius 3 is 2.68 bits per heavy atom. The number of carbonyl (C=O) groups is 2. The van der Waals surface area contributed by atoms with Gasteiger partial charge in [-0.3, -0.25) is 4.79 Å². The standard InChI is InChI=1S/C13H18N2O4/c16-8-7-15(10-3-1-4-10)12(17)9-14-6-2-5-11(14)13(18)19/h2,5-6,10,16H,1,3-4,7-9H2,(H,18,19). The first kappa shape index (κ1) is 13.6. The molecule has 2 N–H and O–H groups in total. The molecule has 0 bridgehead atoms. The van der Waals surface area contributed by atoms with Crippen LogP contribution in [0.25, 0.3) is 0 Å². The molecule has 1 fully saturated rings. The molecule has 1 saturated carbocycles. The van der Waals surface area contributed by atoms with Gasteiger partial charge in [0, 0.05) is 18.8 Å². The van der Waals surface area contributed by atoms with Crippen LogP contribution < -0.4 is 0 Å². The zero-order chi connectivity index (χ0) is 13.8. The molecule has 1 amide bonds. The van der Waals surface area contributed by atoms with E-state index >= 15 is 0 Å². The number of aliphatic hydroxyl groups excluding tert-OH is 1. The van der Waals surface area contributed by atoms with Crippen LogP contribution in [0.4, 0.5) is 0 Å². The second kappa shape index (κ2) is 5.88. The predicted molar refractivity (Wildman–Crippen MR) is 67.8 cm³/mol. The first-order valence-corrected chi connectivity index (χ1v) is 6.42. The van der Waals surface area contributed by atoms with Crippen molar-refractivity contribution in [2.45, 2.75) is 31.8 Å². The second-order valence-electron chi connectivity index (χ2n) is 4.72. The average Bonchev–Trinajstić information content (AvgIpc) is 2.74. The lowest BCUT2D eigenvalue weighted by Gasteiger charge is -2.37. The number of aromatic carboxylic acids is 1. The van der Waals surface area contributed by atoms with E-state index in [2.05, 4.69) is 0 Å². The third-order valence-electron chi connectivity index (χ3n) is 3.53. The quantitative estimate of drug-likeness (QED) is 0.788. The molecule has 1 aromatic heterocycles. The number of nitrogens with zero attached hydrogens (tertiary/aromatic N) is 2. The van der Waals surface area contributed by atoms with Crippen LogP contribution in [0.1, 0.15) is 29.8 Å². The molecule has 0 unspecified atom stereocenters. The number of hydrogen-bond acceptors (Lipinski definition) is 3. The number of amides is 1. The zero-order valence-corrected chi connectivity index (χ0v) is 10.7. The third-order valence-corrected chi connectivity index (χ3v) is 3.53. The van der Waals surface area contributed by atoms with E-state index in [-0.39, 0.29) is 30.8 Å². The molecule has 0 atom stereocenters. The molecule has 104 valence electrons. The molecule has 0 spiro atoms. The first-order valence-electron chi connectivity index (χ1n) is 6.42. The topological polar surface area (TPSA) is 82.8 Å². The van der Waals surface area contributed by atoms with E-state index in [4.69, 9.17) is 10.2 Å². The molecule has 1 aromatic rings. The Balaban J connectivity index is 2.05. The van der Waals surface area contributed by atoms with E-state index < -0.39 is 5.97 Å². The molecule has 1 aliphatic carbocycles. The molecule has 19 heavy (non-hydrogen) atoms. The van der Waals surface area contributed by atoms with Crippen LogP contribution in [0.3, 0.4) is 0 Å². The van der Waals surface area contributed by atoms with E-state index in [9.17, 15) is 9.59 Å². The van der Waals surface area contributed by atoms with E-state index in [0.717, 1.165) is 19.3 Å². The molecule has 1 heterocycles. The fraction of sp³-hybridized carbons (Fsp3) is 0.538. The molecule has 6 heteroatoms. The Morgan fingerprint density at radius 1 is 1.42 bits per heavy atom. The van der Waals surface area contributed by atoms with Crippen LogP contribution in [0.15, 0.2) is 18.3 Å². The number of carboxylic acid groups (broad SMARTS) is 1. The van der Waals surface area contributed by atoms with Crippen LogP contribution in [-0.4, -0.2) is 50.8 Å². The summed E-state index contributed by atoms with van der Waals surface area (Å²) >= 11 is 0. The highest BCUT2D eigenvalue weighted by Gasteiger charge is 2.28. The summed E-state index contributed by atoms with van der Waals surface area (Å²) in [4.78, 5) is 24.8.